The Morgan fingerprint density at radius 1 is 1.44 bits per heavy atom. The third-order valence-corrected chi connectivity index (χ3v) is 3.37. The first-order chi connectivity index (χ1) is 8.70. The highest BCUT2D eigenvalue weighted by Gasteiger charge is 2.08. The number of carbonyl (C=O) groups is 1. The molecule has 0 aliphatic heterocycles. The average molecular weight is 263 g/mol. The van der Waals surface area contributed by atoms with E-state index >= 15 is 0 Å². The molecule has 4 nitrogen and oxygen atoms in total. The maximum absolute atomic E-state index is 11.4. The summed E-state index contributed by atoms with van der Waals surface area (Å²) in [6.45, 7) is 4.04. The Hall–Kier alpha value is -1.75. The molecule has 18 heavy (non-hydrogen) atoms. The largest absolute Gasteiger partial charge is 0.468 e. The van der Waals surface area contributed by atoms with Crippen LogP contribution in [-0.2, 0) is 4.74 Å². The van der Waals surface area contributed by atoms with Crippen molar-refractivity contribution < 1.29 is 13.9 Å². The molecule has 0 spiro atoms. The summed E-state index contributed by atoms with van der Waals surface area (Å²) in [7, 11) is 0. The fourth-order valence-electron chi connectivity index (χ4n) is 1.37. The molecule has 0 amide bonds. The summed E-state index contributed by atoms with van der Waals surface area (Å²) in [6.07, 6.45) is 3.17. The molecule has 0 aromatic carbocycles. The van der Waals surface area contributed by atoms with Crippen molar-refractivity contribution in [3.63, 3.8) is 0 Å². The molecule has 2 aromatic heterocycles. The zero-order valence-electron chi connectivity index (χ0n) is 10.2. The van der Waals surface area contributed by atoms with E-state index in [9.17, 15) is 4.79 Å². The minimum absolute atomic E-state index is 0.346. The molecule has 0 atom stereocenters. The lowest BCUT2D eigenvalue weighted by atomic mass is 10.3. The minimum atomic E-state index is -0.346. The Morgan fingerprint density at radius 2 is 2.28 bits per heavy atom. The lowest BCUT2D eigenvalue weighted by Gasteiger charge is -2.02. The molecule has 0 aliphatic carbocycles. The van der Waals surface area contributed by atoms with Crippen molar-refractivity contribution in [1.29, 1.82) is 0 Å². The number of nitrogens with zero attached hydrogens (tertiary/aromatic N) is 1. The Kier molecular flexibility index (Phi) is 4.04. The van der Waals surface area contributed by atoms with Crippen LogP contribution in [0.2, 0.25) is 0 Å². The first kappa shape index (κ1) is 12.7. The van der Waals surface area contributed by atoms with Crippen LogP contribution < -0.4 is 0 Å². The molecule has 5 heteroatoms. The van der Waals surface area contributed by atoms with Gasteiger partial charge in [0.25, 0.3) is 0 Å². The summed E-state index contributed by atoms with van der Waals surface area (Å²) in [5.41, 5.74) is 0.463. The summed E-state index contributed by atoms with van der Waals surface area (Å²) in [5.74, 6) is 0.511. The standard InChI is InChI=1S/C13H13NO3S/c1-3-16-13(15)10-4-5-12(14-8-10)18-11-6-7-17-9(11)2/h4-8H,3H2,1-2H3. The second-order valence-electron chi connectivity index (χ2n) is 3.55. The van der Waals surface area contributed by atoms with Crippen LogP contribution in [0, 0.1) is 6.92 Å². The summed E-state index contributed by atoms with van der Waals surface area (Å²) >= 11 is 1.50. The van der Waals surface area contributed by atoms with E-state index in [0.717, 1.165) is 15.7 Å². The van der Waals surface area contributed by atoms with E-state index in [1.807, 2.05) is 13.0 Å². The smallest absolute Gasteiger partial charge is 0.339 e. The van der Waals surface area contributed by atoms with Gasteiger partial charge in [0, 0.05) is 6.20 Å². The van der Waals surface area contributed by atoms with Gasteiger partial charge in [-0.2, -0.15) is 0 Å². The molecule has 0 unspecified atom stereocenters. The van der Waals surface area contributed by atoms with Gasteiger partial charge in [0.2, 0.25) is 0 Å². The first-order valence-corrected chi connectivity index (χ1v) is 6.37. The first-order valence-electron chi connectivity index (χ1n) is 5.56. The molecule has 0 fully saturated rings. The maximum atomic E-state index is 11.4. The third kappa shape index (κ3) is 2.92. The van der Waals surface area contributed by atoms with Crippen LogP contribution in [0.25, 0.3) is 0 Å². The zero-order chi connectivity index (χ0) is 13.0. The fourth-order valence-corrected chi connectivity index (χ4v) is 2.15. The van der Waals surface area contributed by atoms with Gasteiger partial charge in [0.15, 0.2) is 0 Å². The molecular formula is C13H13NO3S. The number of esters is 1. The number of aromatic nitrogens is 1. The van der Waals surface area contributed by atoms with E-state index < -0.39 is 0 Å². The molecule has 0 saturated heterocycles. The Balaban J connectivity index is 2.08. The lowest BCUT2D eigenvalue weighted by Crippen LogP contribution is -2.04. The second-order valence-corrected chi connectivity index (χ2v) is 4.61. The predicted molar refractivity (Wildman–Crippen MR) is 67.8 cm³/mol. The number of pyridine rings is 1. The van der Waals surface area contributed by atoms with Crippen LogP contribution in [0.5, 0.6) is 0 Å². The molecule has 0 radical (unpaired) electrons. The molecule has 0 saturated carbocycles. The molecule has 0 aliphatic rings. The van der Waals surface area contributed by atoms with Crippen LogP contribution in [0.3, 0.4) is 0 Å². The summed E-state index contributed by atoms with van der Waals surface area (Å²) in [5, 5.41) is 0.813. The second kappa shape index (κ2) is 5.73. The predicted octanol–water partition coefficient (Wildman–Crippen LogP) is 3.31. The van der Waals surface area contributed by atoms with E-state index in [0.29, 0.717) is 12.2 Å². The van der Waals surface area contributed by atoms with Gasteiger partial charge in [-0.3, -0.25) is 0 Å². The topological polar surface area (TPSA) is 52.3 Å². The number of rotatable bonds is 4. The molecule has 2 heterocycles. The highest BCUT2D eigenvalue weighted by Crippen LogP contribution is 2.29. The van der Waals surface area contributed by atoms with Crippen molar-refractivity contribution in [1.82, 2.24) is 4.98 Å². The van der Waals surface area contributed by atoms with Gasteiger partial charge in [-0.1, -0.05) is 11.8 Å². The summed E-state index contributed by atoms with van der Waals surface area (Å²) < 4.78 is 10.1. The van der Waals surface area contributed by atoms with Gasteiger partial charge in [-0.15, -0.1) is 0 Å². The van der Waals surface area contributed by atoms with Gasteiger partial charge >= 0.3 is 5.97 Å². The van der Waals surface area contributed by atoms with Crippen LogP contribution >= 0.6 is 11.8 Å². The van der Waals surface area contributed by atoms with Crippen molar-refractivity contribution in [2.45, 2.75) is 23.8 Å². The highest BCUT2D eigenvalue weighted by molar-refractivity contribution is 7.99. The van der Waals surface area contributed by atoms with E-state index in [1.165, 1.54) is 18.0 Å². The Bertz CT molecular complexity index is 533. The van der Waals surface area contributed by atoms with Gasteiger partial charge in [0.05, 0.1) is 23.3 Å². The summed E-state index contributed by atoms with van der Waals surface area (Å²) in [4.78, 5) is 16.7. The van der Waals surface area contributed by atoms with E-state index in [-0.39, 0.29) is 5.97 Å². The molecular weight excluding hydrogens is 250 g/mol. The van der Waals surface area contributed by atoms with Crippen molar-refractivity contribution in [2.75, 3.05) is 6.61 Å². The van der Waals surface area contributed by atoms with Crippen molar-refractivity contribution in [3.05, 3.63) is 42.0 Å². The molecule has 2 aromatic rings. The van der Waals surface area contributed by atoms with Crippen LogP contribution in [0.15, 0.2) is 45.0 Å². The van der Waals surface area contributed by atoms with Gasteiger partial charge in [-0.05, 0) is 32.0 Å². The number of carbonyl (C=O) groups excluding carboxylic acids is 1. The van der Waals surface area contributed by atoms with Crippen molar-refractivity contribution in [3.8, 4) is 0 Å². The van der Waals surface area contributed by atoms with E-state index in [1.54, 1.807) is 25.3 Å². The number of furan rings is 1. The summed E-state index contributed by atoms with van der Waals surface area (Å²) in [6, 6.07) is 5.40. The van der Waals surface area contributed by atoms with Gasteiger partial charge < -0.3 is 9.15 Å². The van der Waals surface area contributed by atoms with Crippen LogP contribution in [0.1, 0.15) is 23.0 Å². The van der Waals surface area contributed by atoms with Gasteiger partial charge in [-0.25, -0.2) is 9.78 Å². The quantitative estimate of drug-likeness (QED) is 0.792. The fraction of sp³-hybridized carbons (Fsp3) is 0.231. The normalized spacial score (nSPS) is 10.3. The molecule has 0 N–H and O–H groups in total. The van der Waals surface area contributed by atoms with Gasteiger partial charge in [0.1, 0.15) is 10.8 Å². The monoisotopic (exact) mass is 263 g/mol. The number of aryl methyl sites for hydroxylation is 1. The average Bonchev–Trinajstić information content (AvgIpc) is 2.76. The van der Waals surface area contributed by atoms with Crippen molar-refractivity contribution in [2.24, 2.45) is 0 Å². The Labute approximate surface area is 109 Å². The van der Waals surface area contributed by atoms with E-state index in [2.05, 4.69) is 4.98 Å². The number of ether oxygens (including phenoxy) is 1. The molecule has 0 bridgehead atoms. The Morgan fingerprint density at radius 3 is 2.83 bits per heavy atom. The lowest BCUT2D eigenvalue weighted by molar-refractivity contribution is 0.0525. The zero-order valence-corrected chi connectivity index (χ0v) is 11.0. The highest BCUT2D eigenvalue weighted by atomic mass is 32.2. The molecule has 94 valence electrons. The van der Waals surface area contributed by atoms with Crippen molar-refractivity contribution >= 4 is 17.7 Å². The number of hydrogen-bond donors (Lipinski definition) is 0. The SMILES string of the molecule is CCOC(=O)c1ccc(Sc2ccoc2C)nc1. The van der Waals surface area contributed by atoms with Crippen LogP contribution in [0.4, 0.5) is 0 Å². The number of hydrogen-bond acceptors (Lipinski definition) is 5. The molecule has 2 rings (SSSR count). The maximum Gasteiger partial charge on any atom is 0.339 e. The van der Waals surface area contributed by atoms with E-state index in [4.69, 9.17) is 9.15 Å². The minimum Gasteiger partial charge on any atom is -0.468 e. The third-order valence-electron chi connectivity index (χ3n) is 2.27. The van der Waals surface area contributed by atoms with Crippen LogP contribution in [-0.4, -0.2) is 17.6 Å².